The lowest BCUT2D eigenvalue weighted by molar-refractivity contribution is -0.252. The molecule has 2 saturated heterocycles. The smallest absolute Gasteiger partial charge is 0.243 e. The van der Waals surface area contributed by atoms with E-state index in [1.54, 1.807) is 31.2 Å². The van der Waals surface area contributed by atoms with Gasteiger partial charge in [-0.1, -0.05) is 30.7 Å². The number of halogens is 1. The Morgan fingerprint density at radius 2 is 1.96 bits per heavy atom. The van der Waals surface area contributed by atoms with Crippen LogP contribution in [0.1, 0.15) is 12.5 Å². The molecule has 0 saturated carbocycles. The Kier molecular flexibility index (Phi) is 3.13. The van der Waals surface area contributed by atoms with Gasteiger partial charge in [0.1, 0.15) is 0 Å². The number of rotatable bonds is 1. The fourth-order valence-electron chi connectivity index (χ4n) is 3.46. The molecule has 2 bridgehead atoms. The summed E-state index contributed by atoms with van der Waals surface area (Å²) in [5.74, 6) is -2.57. The van der Waals surface area contributed by atoms with Crippen LogP contribution in [0.4, 0.5) is 0 Å². The highest BCUT2D eigenvalue weighted by atomic mass is 35.5. The van der Waals surface area contributed by atoms with Crippen LogP contribution >= 0.6 is 11.6 Å². The Labute approximate surface area is 137 Å². The fraction of sp³-hybridized carbons (Fsp3) is 0.375. The van der Waals surface area contributed by atoms with Crippen LogP contribution in [0.25, 0.3) is 0 Å². The van der Waals surface area contributed by atoms with Gasteiger partial charge in [-0.15, -0.1) is 0 Å². The van der Waals surface area contributed by atoms with E-state index in [0.717, 1.165) is 0 Å². The molecule has 7 heteroatoms. The van der Waals surface area contributed by atoms with Gasteiger partial charge in [0.25, 0.3) is 0 Å². The van der Waals surface area contributed by atoms with Crippen LogP contribution in [0.5, 0.6) is 0 Å². The summed E-state index contributed by atoms with van der Waals surface area (Å²) in [6.45, 7) is 1.32. The number of nitrogens with zero attached hydrogens (tertiary/aromatic N) is 3. The minimum Gasteiger partial charge on any atom is -0.443 e. The fourth-order valence-corrected chi connectivity index (χ4v) is 3.65. The summed E-state index contributed by atoms with van der Waals surface area (Å²) in [7, 11) is 0. The Morgan fingerprint density at radius 1 is 1.26 bits per heavy atom. The second kappa shape index (κ2) is 4.70. The van der Waals surface area contributed by atoms with Crippen molar-refractivity contribution in [1.29, 1.82) is 21.2 Å². The second-order valence-electron chi connectivity index (χ2n) is 5.67. The average molecular weight is 327 g/mol. The summed E-state index contributed by atoms with van der Waals surface area (Å²) >= 11 is 6.03. The molecule has 114 valence electrons. The number of hydrogen-bond donors (Lipinski definition) is 1. The van der Waals surface area contributed by atoms with Gasteiger partial charge in [-0.2, -0.15) is 15.8 Å². The summed E-state index contributed by atoms with van der Waals surface area (Å²) in [5.41, 5.74) is -2.95. The molecule has 2 fully saturated rings. The molecule has 1 N–H and O–H groups in total. The van der Waals surface area contributed by atoms with Crippen molar-refractivity contribution >= 4 is 17.5 Å². The first-order valence-electron chi connectivity index (χ1n) is 6.84. The first kappa shape index (κ1) is 15.3. The van der Waals surface area contributed by atoms with Gasteiger partial charge in [-0.25, -0.2) is 0 Å². The number of nitriles is 3. The van der Waals surface area contributed by atoms with E-state index in [9.17, 15) is 15.8 Å². The van der Waals surface area contributed by atoms with E-state index in [0.29, 0.717) is 10.6 Å². The molecule has 0 aliphatic carbocycles. The van der Waals surface area contributed by atoms with Crippen molar-refractivity contribution in [3.05, 3.63) is 34.9 Å². The van der Waals surface area contributed by atoms with Gasteiger partial charge in [-0.3, -0.25) is 5.41 Å². The zero-order chi connectivity index (χ0) is 16.9. The summed E-state index contributed by atoms with van der Waals surface area (Å²) in [5, 5.41) is 37.4. The maximum Gasteiger partial charge on any atom is 0.243 e. The van der Waals surface area contributed by atoms with Gasteiger partial charge in [0.2, 0.25) is 11.7 Å². The lowest BCUT2D eigenvalue weighted by Gasteiger charge is -2.44. The number of ether oxygens (including phenoxy) is 2. The molecule has 0 amide bonds. The highest BCUT2D eigenvalue weighted by Crippen LogP contribution is 2.63. The monoisotopic (exact) mass is 326 g/mol. The molecule has 2 heterocycles. The van der Waals surface area contributed by atoms with E-state index >= 15 is 0 Å². The Balaban J connectivity index is 2.26. The van der Waals surface area contributed by atoms with Crippen LogP contribution in [0.2, 0.25) is 5.02 Å². The molecule has 0 spiro atoms. The van der Waals surface area contributed by atoms with Crippen molar-refractivity contribution < 1.29 is 9.47 Å². The van der Waals surface area contributed by atoms with E-state index in [1.165, 1.54) is 0 Å². The summed E-state index contributed by atoms with van der Waals surface area (Å²) < 4.78 is 11.4. The molecule has 0 aromatic heterocycles. The lowest BCUT2D eigenvalue weighted by Crippen LogP contribution is -2.56. The minimum atomic E-state index is -1.79. The van der Waals surface area contributed by atoms with E-state index in [4.69, 9.17) is 26.5 Å². The lowest BCUT2D eigenvalue weighted by atomic mass is 9.57. The molecule has 3 unspecified atom stereocenters. The molecule has 2 aliphatic rings. The first-order valence-corrected chi connectivity index (χ1v) is 7.22. The molecular formula is C16H11ClN4O2. The van der Waals surface area contributed by atoms with Crippen LogP contribution in [0.3, 0.4) is 0 Å². The van der Waals surface area contributed by atoms with Crippen LogP contribution < -0.4 is 0 Å². The van der Waals surface area contributed by atoms with Crippen molar-refractivity contribution in [2.45, 2.75) is 12.7 Å². The highest BCUT2D eigenvalue weighted by Gasteiger charge is 2.76. The predicted octanol–water partition coefficient (Wildman–Crippen LogP) is 2.71. The average Bonchev–Trinajstić information content (AvgIpc) is 2.71. The molecule has 23 heavy (non-hydrogen) atoms. The minimum absolute atomic E-state index is 0.327. The van der Waals surface area contributed by atoms with Gasteiger partial charge >= 0.3 is 0 Å². The topological polar surface area (TPSA) is 114 Å². The first-order chi connectivity index (χ1) is 10.9. The third-order valence-electron chi connectivity index (χ3n) is 4.79. The molecule has 2 aliphatic heterocycles. The molecule has 1 aromatic carbocycles. The predicted molar refractivity (Wildman–Crippen MR) is 78.8 cm³/mol. The van der Waals surface area contributed by atoms with Crippen molar-refractivity contribution in [3.63, 3.8) is 0 Å². The quantitative estimate of drug-likeness (QED) is 0.852. The van der Waals surface area contributed by atoms with E-state index in [-0.39, 0.29) is 6.61 Å². The zero-order valence-electron chi connectivity index (χ0n) is 12.1. The van der Waals surface area contributed by atoms with Gasteiger partial charge in [0, 0.05) is 10.6 Å². The van der Waals surface area contributed by atoms with Gasteiger partial charge in [0.05, 0.1) is 30.7 Å². The van der Waals surface area contributed by atoms with Gasteiger partial charge in [-0.05, 0) is 12.1 Å². The summed E-state index contributed by atoms with van der Waals surface area (Å²) in [4.78, 5) is 0. The Morgan fingerprint density at radius 3 is 2.52 bits per heavy atom. The molecule has 3 atom stereocenters. The molecular weight excluding hydrogens is 316 g/mol. The molecule has 3 rings (SSSR count). The third kappa shape index (κ3) is 1.56. The largest absolute Gasteiger partial charge is 0.443 e. The summed E-state index contributed by atoms with van der Waals surface area (Å²) in [6, 6.07) is 12.5. The summed E-state index contributed by atoms with van der Waals surface area (Å²) in [6.07, 6.45) is 0. The van der Waals surface area contributed by atoms with Crippen molar-refractivity contribution in [3.8, 4) is 18.2 Å². The van der Waals surface area contributed by atoms with E-state index in [2.05, 4.69) is 0 Å². The normalized spacial score (nSPS) is 33.9. The van der Waals surface area contributed by atoms with Gasteiger partial charge in [0.15, 0.2) is 10.8 Å². The highest BCUT2D eigenvalue weighted by molar-refractivity contribution is 6.30. The van der Waals surface area contributed by atoms with E-state index < -0.39 is 28.4 Å². The Bertz CT molecular complexity index is 820. The Hall–Kier alpha value is -2.59. The standard InChI is InChI=1S/C16H11ClN4O2/c1-10-15(8-20)13(21)23-16(10,11-3-2-4-12(17)5-11)22-9-14(15,6-18)7-19/h2-5,10,21H,9H2,1H3. The SMILES string of the molecule is CC1C2(c3cccc(Cl)c3)OCC(C#N)(C#N)C1(C#N)C(=N)O2. The van der Waals surface area contributed by atoms with Crippen LogP contribution in [0, 0.1) is 56.2 Å². The van der Waals surface area contributed by atoms with Crippen LogP contribution in [0.15, 0.2) is 24.3 Å². The van der Waals surface area contributed by atoms with E-state index in [1.807, 2.05) is 18.2 Å². The number of hydrogen-bond acceptors (Lipinski definition) is 6. The zero-order valence-corrected chi connectivity index (χ0v) is 12.9. The maximum atomic E-state index is 9.77. The molecule has 1 aromatic rings. The van der Waals surface area contributed by atoms with Crippen molar-refractivity contribution in [2.24, 2.45) is 16.7 Å². The number of fused-ring (bicyclic) bond motifs is 2. The van der Waals surface area contributed by atoms with Crippen molar-refractivity contribution in [1.82, 2.24) is 0 Å². The van der Waals surface area contributed by atoms with Crippen LogP contribution in [-0.2, 0) is 15.3 Å². The van der Waals surface area contributed by atoms with Crippen LogP contribution in [-0.4, -0.2) is 12.5 Å². The molecule has 0 radical (unpaired) electrons. The molecule has 6 nitrogen and oxygen atoms in total. The number of benzene rings is 1. The maximum absolute atomic E-state index is 9.77. The number of nitrogens with one attached hydrogen (secondary N) is 1. The van der Waals surface area contributed by atoms with Gasteiger partial charge < -0.3 is 9.47 Å². The second-order valence-corrected chi connectivity index (χ2v) is 6.10. The van der Waals surface area contributed by atoms with Crippen molar-refractivity contribution in [2.75, 3.05) is 6.61 Å². The third-order valence-corrected chi connectivity index (χ3v) is 5.03.